The Bertz CT molecular complexity index is 419. The molecule has 0 aliphatic rings. The molecule has 1 rings (SSSR count). The number of benzene rings is 1. The van der Waals surface area contributed by atoms with E-state index in [-0.39, 0.29) is 5.91 Å². The lowest BCUT2D eigenvalue weighted by molar-refractivity contribution is -0.141. The summed E-state index contributed by atoms with van der Waals surface area (Å²) < 4.78 is 5.51. The lowest BCUT2D eigenvalue weighted by Crippen LogP contribution is -2.39. The van der Waals surface area contributed by atoms with Crippen LogP contribution in [0.4, 0.5) is 0 Å². The Balaban J connectivity index is 2.11. The van der Waals surface area contributed by atoms with E-state index >= 15 is 0 Å². The monoisotopic (exact) mass is 279 g/mol. The van der Waals surface area contributed by atoms with Gasteiger partial charge in [0.25, 0.3) is 0 Å². The van der Waals surface area contributed by atoms with Crippen LogP contribution >= 0.6 is 0 Å². The number of carboxylic acid groups (broad SMARTS) is 1. The average molecular weight is 279 g/mol. The van der Waals surface area contributed by atoms with Crippen molar-refractivity contribution in [1.82, 2.24) is 5.32 Å². The molecule has 1 atom stereocenters. The summed E-state index contributed by atoms with van der Waals surface area (Å²) in [5.74, 6) is -1.32. The Labute approximate surface area is 118 Å². The molecule has 0 aliphatic heterocycles. The Morgan fingerprint density at radius 2 is 1.95 bits per heavy atom. The zero-order valence-corrected chi connectivity index (χ0v) is 11.7. The third-order valence-corrected chi connectivity index (χ3v) is 2.82. The Kier molecular flexibility index (Phi) is 7.35. The second-order valence-corrected chi connectivity index (χ2v) is 4.63. The number of amides is 1. The van der Waals surface area contributed by atoms with Gasteiger partial charge in [0.15, 0.2) is 0 Å². The molecule has 0 aliphatic carbocycles. The molecule has 5 nitrogen and oxygen atoms in total. The van der Waals surface area contributed by atoms with E-state index < -0.39 is 12.0 Å². The highest BCUT2D eigenvalue weighted by molar-refractivity contribution is 5.81. The van der Waals surface area contributed by atoms with Crippen LogP contribution in [0.5, 0.6) is 0 Å². The molecule has 0 saturated carbocycles. The van der Waals surface area contributed by atoms with Gasteiger partial charge in [-0.15, -0.1) is 0 Å². The van der Waals surface area contributed by atoms with Crippen molar-refractivity contribution in [3.8, 4) is 0 Å². The van der Waals surface area contributed by atoms with Gasteiger partial charge in [-0.25, -0.2) is 4.79 Å². The van der Waals surface area contributed by atoms with E-state index in [9.17, 15) is 9.59 Å². The lowest BCUT2D eigenvalue weighted by Gasteiger charge is -2.12. The molecule has 0 heterocycles. The molecule has 0 saturated heterocycles. The summed E-state index contributed by atoms with van der Waals surface area (Å²) in [6, 6.07) is 9.07. The van der Waals surface area contributed by atoms with Crippen LogP contribution < -0.4 is 5.32 Å². The number of unbranched alkanes of at least 4 members (excludes halogenated alkanes) is 1. The van der Waals surface area contributed by atoms with Crippen LogP contribution in [0.25, 0.3) is 0 Å². The SMILES string of the molecule is CC(=O)NC(CCCCOCc1ccccc1)C(=O)O. The predicted molar refractivity (Wildman–Crippen MR) is 75.2 cm³/mol. The second kappa shape index (κ2) is 9.09. The molecule has 0 radical (unpaired) electrons. The molecule has 0 bridgehead atoms. The van der Waals surface area contributed by atoms with Gasteiger partial charge >= 0.3 is 5.97 Å². The van der Waals surface area contributed by atoms with Crippen molar-refractivity contribution in [2.75, 3.05) is 6.61 Å². The Hall–Kier alpha value is -1.88. The van der Waals surface area contributed by atoms with Gasteiger partial charge in [0.2, 0.25) is 5.91 Å². The summed E-state index contributed by atoms with van der Waals surface area (Å²) in [6.45, 7) is 2.47. The summed E-state index contributed by atoms with van der Waals surface area (Å²) >= 11 is 0. The number of carboxylic acids is 1. The van der Waals surface area contributed by atoms with Gasteiger partial charge < -0.3 is 15.2 Å². The van der Waals surface area contributed by atoms with E-state index in [1.54, 1.807) is 0 Å². The van der Waals surface area contributed by atoms with Gasteiger partial charge in [-0.05, 0) is 24.8 Å². The maximum absolute atomic E-state index is 10.9. The van der Waals surface area contributed by atoms with Crippen molar-refractivity contribution >= 4 is 11.9 Å². The third kappa shape index (κ3) is 6.89. The topological polar surface area (TPSA) is 75.6 Å². The van der Waals surface area contributed by atoms with Crippen molar-refractivity contribution in [1.29, 1.82) is 0 Å². The van der Waals surface area contributed by atoms with Crippen LogP contribution in [0.3, 0.4) is 0 Å². The zero-order valence-electron chi connectivity index (χ0n) is 11.7. The molecule has 5 heteroatoms. The van der Waals surface area contributed by atoms with Gasteiger partial charge in [-0.1, -0.05) is 30.3 Å². The largest absolute Gasteiger partial charge is 0.480 e. The molecule has 1 aromatic rings. The predicted octanol–water partition coefficient (Wildman–Crippen LogP) is 1.96. The van der Waals surface area contributed by atoms with Crippen molar-refractivity contribution in [3.05, 3.63) is 35.9 Å². The number of hydrogen-bond donors (Lipinski definition) is 2. The van der Waals surface area contributed by atoms with Crippen LogP contribution in [0.2, 0.25) is 0 Å². The number of carbonyl (C=O) groups excluding carboxylic acids is 1. The molecule has 1 amide bonds. The van der Waals surface area contributed by atoms with E-state index in [4.69, 9.17) is 9.84 Å². The van der Waals surface area contributed by atoms with Crippen LogP contribution in [-0.4, -0.2) is 29.6 Å². The highest BCUT2D eigenvalue weighted by atomic mass is 16.5. The van der Waals surface area contributed by atoms with Gasteiger partial charge in [-0.3, -0.25) is 4.79 Å². The van der Waals surface area contributed by atoms with E-state index in [0.717, 1.165) is 12.0 Å². The van der Waals surface area contributed by atoms with Crippen molar-refractivity contribution in [3.63, 3.8) is 0 Å². The quantitative estimate of drug-likeness (QED) is 0.678. The van der Waals surface area contributed by atoms with E-state index in [2.05, 4.69) is 5.32 Å². The fourth-order valence-corrected chi connectivity index (χ4v) is 1.82. The molecule has 1 aromatic carbocycles. The van der Waals surface area contributed by atoms with Crippen LogP contribution in [-0.2, 0) is 20.9 Å². The van der Waals surface area contributed by atoms with Crippen molar-refractivity contribution in [2.24, 2.45) is 0 Å². The molecular weight excluding hydrogens is 258 g/mol. The molecular formula is C15H21NO4. The number of carbonyl (C=O) groups is 2. The third-order valence-electron chi connectivity index (χ3n) is 2.82. The Morgan fingerprint density at radius 3 is 2.55 bits per heavy atom. The number of hydrogen-bond acceptors (Lipinski definition) is 3. The minimum absolute atomic E-state index is 0.322. The van der Waals surface area contributed by atoms with Crippen LogP contribution in [0.15, 0.2) is 30.3 Å². The summed E-state index contributed by atoms with van der Waals surface area (Å²) in [7, 11) is 0. The van der Waals surface area contributed by atoms with E-state index in [1.807, 2.05) is 30.3 Å². The van der Waals surface area contributed by atoms with E-state index in [1.165, 1.54) is 6.92 Å². The number of nitrogens with one attached hydrogen (secondary N) is 1. The highest BCUT2D eigenvalue weighted by Crippen LogP contribution is 2.04. The smallest absolute Gasteiger partial charge is 0.326 e. The molecule has 0 aromatic heterocycles. The van der Waals surface area contributed by atoms with Crippen LogP contribution in [0.1, 0.15) is 31.7 Å². The van der Waals surface area contributed by atoms with Crippen molar-refractivity contribution in [2.45, 2.75) is 38.8 Å². The molecule has 2 N–H and O–H groups in total. The fraction of sp³-hybridized carbons (Fsp3) is 0.467. The molecule has 0 spiro atoms. The van der Waals surface area contributed by atoms with Gasteiger partial charge in [0.1, 0.15) is 6.04 Å². The highest BCUT2D eigenvalue weighted by Gasteiger charge is 2.17. The van der Waals surface area contributed by atoms with Gasteiger partial charge in [0, 0.05) is 13.5 Å². The molecule has 0 fully saturated rings. The first-order valence-corrected chi connectivity index (χ1v) is 6.71. The lowest BCUT2D eigenvalue weighted by atomic mass is 10.1. The Morgan fingerprint density at radius 1 is 1.25 bits per heavy atom. The standard InChI is InChI=1S/C15H21NO4/c1-12(17)16-14(15(18)19)9-5-6-10-20-11-13-7-3-2-4-8-13/h2-4,7-8,14H,5-6,9-11H2,1H3,(H,16,17)(H,18,19). The number of ether oxygens (including phenoxy) is 1. The fourth-order valence-electron chi connectivity index (χ4n) is 1.82. The minimum atomic E-state index is -0.995. The average Bonchev–Trinajstić information content (AvgIpc) is 2.41. The van der Waals surface area contributed by atoms with Crippen LogP contribution in [0, 0.1) is 0 Å². The number of aliphatic carboxylic acids is 1. The first kappa shape index (κ1) is 16.2. The first-order valence-electron chi connectivity index (χ1n) is 6.71. The first-order chi connectivity index (χ1) is 9.59. The normalized spacial score (nSPS) is 11.8. The van der Waals surface area contributed by atoms with Gasteiger partial charge in [0.05, 0.1) is 6.61 Å². The maximum Gasteiger partial charge on any atom is 0.326 e. The summed E-state index contributed by atoms with van der Waals surface area (Å²) in [4.78, 5) is 21.7. The summed E-state index contributed by atoms with van der Waals surface area (Å²) in [5, 5.41) is 11.3. The van der Waals surface area contributed by atoms with Crippen molar-refractivity contribution < 1.29 is 19.4 Å². The summed E-state index contributed by atoms with van der Waals surface area (Å²) in [5.41, 5.74) is 1.12. The van der Waals surface area contributed by atoms with E-state index in [0.29, 0.717) is 26.1 Å². The second-order valence-electron chi connectivity index (χ2n) is 4.63. The summed E-state index contributed by atoms with van der Waals surface area (Å²) in [6.07, 6.45) is 1.89. The maximum atomic E-state index is 10.9. The molecule has 110 valence electrons. The molecule has 20 heavy (non-hydrogen) atoms. The minimum Gasteiger partial charge on any atom is -0.480 e. The molecule has 1 unspecified atom stereocenters. The van der Waals surface area contributed by atoms with Gasteiger partial charge in [-0.2, -0.15) is 0 Å². The zero-order chi connectivity index (χ0) is 14.8. The number of rotatable bonds is 9.